The molecule has 1 aromatic carbocycles. The standard InChI is InChI=1S/C16H20FN3O2/c1-18-9-2-3-15(21)19-10-8-14-11-22-16(20-14)12-4-6-13(17)7-5-12/h4-7,11,18H,2-3,8-10H2,1H3,(H,19,21). The van der Waals surface area contributed by atoms with E-state index in [0.717, 1.165) is 24.2 Å². The lowest BCUT2D eigenvalue weighted by Gasteiger charge is -2.03. The minimum atomic E-state index is -0.295. The van der Waals surface area contributed by atoms with Crippen LogP contribution in [0.5, 0.6) is 0 Å². The van der Waals surface area contributed by atoms with Crippen LogP contribution in [0, 0.1) is 5.82 Å². The van der Waals surface area contributed by atoms with Gasteiger partial charge < -0.3 is 15.1 Å². The van der Waals surface area contributed by atoms with E-state index in [9.17, 15) is 9.18 Å². The number of hydrogen-bond donors (Lipinski definition) is 2. The third-order valence-corrected chi connectivity index (χ3v) is 3.18. The minimum absolute atomic E-state index is 0.0394. The monoisotopic (exact) mass is 305 g/mol. The van der Waals surface area contributed by atoms with Gasteiger partial charge in [-0.1, -0.05) is 0 Å². The highest BCUT2D eigenvalue weighted by atomic mass is 19.1. The Kier molecular flexibility index (Phi) is 6.09. The van der Waals surface area contributed by atoms with E-state index < -0.39 is 0 Å². The minimum Gasteiger partial charge on any atom is -0.444 e. The molecule has 1 heterocycles. The van der Waals surface area contributed by atoms with Crippen LogP contribution < -0.4 is 10.6 Å². The predicted octanol–water partition coefficient (Wildman–Crippen LogP) is 2.14. The van der Waals surface area contributed by atoms with Gasteiger partial charge in [0.1, 0.15) is 12.1 Å². The molecule has 0 saturated carbocycles. The van der Waals surface area contributed by atoms with Crippen LogP contribution in [-0.4, -0.2) is 31.0 Å². The number of halogens is 1. The van der Waals surface area contributed by atoms with Gasteiger partial charge in [-0.3, -0.25) is 4.79 Å². The molecule has 1 amide bonds. The van der Waals surface area contributed by atoms with E-state index in [1.807, 2.05) is 7.05 Å². The van der Waals surface area contributed by atoms with Gasteiger partial charge in [0, 0.05) is 24.9 Å². The summed E-state index contributed by atoms with van der Waals surface area (Å²) in [5.74, 6) is 0.198. The van der Waals surface area contributed by atoms with Crippen LogP contribution in [0.4, 0.5) is 4.39 Å². The maximum absolute atomic E-state index is 12.9. The largest absolute Gasteiger partial charge is 0.444 e. The van der Waals surface area contributed by atoms with Crippen LogP contribution in [0.1, 0.15) is 18.5 Å². The molecule has 2 rings (SSSR count). The van der Waals surface area contributed by atoms with Gasteiger partial charge in [-0.05, 0) is 44.3 Å². The van der Waals surface area contributed by atoms with Gasteiger partial charge in [0.2, 0.25) is 11.8 Å². The van der Waals surface area contributed by atoms with Crippen molar-refractivity contribution in [2.45, 2.75) is 19.3 Å². The summed E-state index contributed by atoms with van der Waals surface area (Å²) in [6.45, 7) is 1.35. The molecular weight excluding hydrogens is 285 g/mol. The molecule has 0 aliphatic carbocycles. The van der Waals surface area contributed by atoms with Gasteiger partial charge in [-0.2, -0.15) is 0 Å². The fourth-order valence-corrected chi connectivity index (χ4v) is 1.99. The first-order chi connectivity index (χ1) is 10.7. The number of benzene rings is 1. The number of rotatable bonds is 8. The smallest absolute Gasteiger partial charge is 0.226 e. The Bertz CT molecular complexity index is 596. The Labute approximate surface area is 128 Å². The highest BCUT2D eigenvalue weighted by Crippen LogP contribution is 2.18. The molecule has 0 atom stereocenters. The van der Waals surface area contributed by atoms with Crippen molar-refractivity contribution in [2.24, 2.45) is 0 Å². The second-order valence-corrected chi connectivity index (χ2v) is 4.96. The molecule has 0 unspecified atom stereocenters. The second-order valence-electron chi connectivity index (χ2n) is 4.96. The molecule has 0 fully saturated rings. The fraction of sp³-hybridized carbons (Fsp3) is 0.375. The normalized spacial score (nSPS) is 10.6. The summed E-state index contributed by atoms with van der Waals surface area (Å²) in [4.78, 5) is 15.9. The first-order valence-corrected chi connectivity index (χ1v) is 7.30. The lowest BCUT2D eigenvalue weighted by Crippen LogP contribution is -2.26. The van der Waals surface area contributed by atoms with Crippen molar-refractivity contribution in [2.75, 3.05) is 20.1 Å². The van der Waals surface area contributed by atoms with Crippen LogP contribution in [0.3, 0.4) is 0 Å². The molecule has 0 radical (unpaired) electrons. The van der Waals surface area contributed by atoms with Gasteiger partial charge >= 0.3 is 0 Å². The second kappa shape index (κ2) is 8.29. The number of carbonyl (C=O) groups is 1. The number of hydrogen-bond acceptors (Lipinski definition) is 4. The zero-order valence-electron chi connectivity index (χ0n) is 12.6. The van der Waals surface area contributed by atoms with E-state index in [4.69, 9.17) is 4.42 Å². The quantitative estimate of drug-likeness (QED) is 0.733. The summed E-state index contributed by atoms with van der Waals surface area (Å²) in [6.07, 6.45) is 3.50. The Morgan fingerprint density at radius 3 is 2.77 bits per heavy atom. The topological polar surface area (TPSA) is 67.2 Å². The van der Waals surface area contributed by atoms with E-state index >= 15 is 0 Å². The molecule has 22 heavy (non-hydrogen) atoms. The summed E-state index contributed by atoms with van der Waals surface area (Å²) < 4.78 is 18.2. The van der Waals surface area contributed by atoms with Gasteiger partial charge in [0.25, 0.3) is 0 Å². The highest BCUT2D eigenvalue weighted by molar-refractivity contribution is 5.75. The van der Waals surface area contributed by atoms with E-state index in [1.54, 1.807) is 18.4 Å². The molecule has 0 aliphatic heterocycles. The number of oxazole rings is 1. The van der Waals surface area contributed by atoms with Crippen molar-refractivity contribution in [3.63, 3.8) is 0 Å². The first-order valence-electron chi connectivity index (χ1n) is 7.30. The Balaban J connectivity index is 1.78. The number of nitrogens with one attached hydrogen (secondary N) is 2. The summed E-state index contributed by atoms with van der Waals surface area (Å²) in [5, 5.41) is 5.85. The van der Waals surface area contributed by atoms with Crippen LogP contribution in [-0.2, 0) is 11.2 Å². The van der Waals surface area contributed by atoms with Crippen molar-refractivity contribution >= 4 is 5.91 Å². The molecule has 1 aromatic heterocycles. The lowest BCUT2D eigenvalue weighted by molar-refractivity contribution is -0.121. The Morgan fingerprint density at radius 2 is 2.05 bits per heavy atom. The number of nitrogens with zero attached hydrogens (tertiary/aromatic N) is 1. The lowest BCUT2D eigenvalue weighted by atomic mass is 10.2. The molecule has 2 aromatic rings. The molecule has 5 nitrogen and oxygen atoms in total. The SMILES string of the molecule is CNCCCC(=O)NCCc1coc(-c2ccc(F)cc2)n1. The Hall–Kier alpha value is -2.21. The molecule has 0 aliphatic rings. The maximum atomic E-state index is 12.9. The molecule has 2 N–H and O–H groups in total. The van der Waals surface area contributed by atoms with Crippen molar-refractivity contribution < 1.29 is 13.6 Å². The molecular formula is C16H20FN3O2. The molecule has 0 saturated heterocycles. The van der Waals surface area contributed by atoms with Crippen molar-refractivity contribution in [1.82, 2.24) is 15.6 Å². The van der Waals surface area contributed by atoms with Gasteiger partial charge in [-0.15, -0.1) is 0 Å². The van der Waals surface area contributed by atoms with Crippen LogP contribution in [0.25, 0.3) is 11.5 Å². The fourth-order valence-electron chi connectivity index (χ4n) is 1.99. The molecule has 6 heteroatoms. The Morgan fingerprint density at radius 1 is 1.27 bits per heavy atom. The van der Waals surface area contributed by atoms with Crippen LogP contribution in [0.2, 0.25) is 0 Å². The maximum Gasteiger partial charge on any atom is 0.226 e. The van der Waals surface area contributed by atoms with Crippen LogP contribution >= 0.6 is 0 Å². The highest BCUT2D eigenvalue weighted by Gasteiger charge is 2.07. The van der Waals surface area contributed by atoms with E-state index in [0.29, 0.717) is 25.3 Å². The summed E-state index contributed by atoms with van der Waals surface area (Å²) in [7, 11) is 1.86. The average molecular weight is 305 g/mol. The molecule has 118 valence electrons. The van der Waals surface area contributed by atoms with Gasteiger partial charge in [0.15, 0.2) is 0 Å². The average Bonchev–Trinajstić information content (AvgIpc) is 2.97. The summed E-state index contributed by atoms with van der Waals surface area (Å²) in [5.41, 5.74) is 1.48. The van der Waals surface area contributed by atoms with Gasteiger partial charge in [-0.25, -0.2) is 9.37 Å². The molecule has 0 spiro atoms. The zero-order chi connectivity index (χ0) is 15.8. The number of carbonyl (C=O) groups excluding carboxylic acids is 1. The van der Waals surface area contributed by atoms with Gasteiger partial charge in [0.05, 0.1) is 5.69 Å². The zero-order valence-corrected chi connectivity index (χ0v) is 12.6. The van der Waals surface area contributed by atoms with Crippen molar-refractivity contribution in [3.05, 3.63) is 42.0 Å². The first kappa shape index (κ1) is 16.2. The van der Waals surface area contributed by atoms with E-state index in [-0.39, 0.29) is 11.7 Å². The summed E-state index contributed by atoms with van der Waals surface area (Å²) in [6, 6.07) is 5.97. The number of amides is 1. The third-order valence-electron chi connectivity index (χ3n) is 3.18. The van der Waals surface area contributed by atoms with Crippen molar-refractivity contribution in [1.29, 1.82) is 0 Å². The summed E-state index contributed by atoms with van der Waals surface area (Å²) >= 11 is 0. The van der Waals surface area contributed by atoms with E-state index in [2.05, 4.69) is 15.6 Å². The molecule has 0 bridgehead atoms. The van der Waals surface area contributed by atoms with Crippen molar-refractivity contribution in [3.8, 4) is 11.5 Å². The predicted molar refractivity (Wildman–Crippen MR) is 81.8 cm³/mol. The van der Waals surface area contributed by atoms with Crippen LogP contribution in [0.15, 0.2) is 34.9 Å². The van der Waals surface area contributed by atoms with E-state index in [1.165, 1.54) is 12.1 Å². The third kappa shape index (κ3) is 4.96. The number of aromatic nitrogens is 1.